The number of aliphatic carboxylic acids is 1. The van der Waals surface area contributed by atoms with Gasteiger partial charge in [-0.1, -0.05) is 53.9 Å². The van der Waals surface area contributed by atoms with E-state index in [1.165, 1.54) is 4.90 Å². The van der Waals surface area contributed by atoms with Gasteiger partial charge >= 0.3 is 5.97 Å². The van der Waals surface area contributed by atoms with E-state index in [9.17, 15) is 23.1 Å². The lowest BCUT2D eigenvalue weighted by molar-refractivity contribution is -0.182. The van der Waals surface area contributed by atoms with Crippen molar-refractivity contribution in [2.75, 3.05) is 5.75 Å². The molecule has 2 aromatic rings. The summed E-state index contributed by atoms with van der Waals surface area (Å²) in [6.45, 7) is 6.62. The summed E-state index contributed by atoms with van der Waals surface area (Å²) in [6, 6.07) is 10.1. The summed E-state index contributed by atoms with van der Waals surface area (Å²) in [7, 11) is -3.64. The quantitative estimate of drug-likeness (QED) is 0.397. The Balaban J connectivity index is 2.24. The highest BCUT2D eigenvalue weighted by Gasteiger charge is 2.48. The number of hydrogen-bond acceptors (Lipinski definition) is 5. The first kappa shape index (κ1) is 29.7. The van der Waals surface area contributed by atoms with Gasteiger partial charge in [0.2, 0.25) is 0 Å². The molecule has 1 saturated heterocycles. The Hall–Kier alpha value is -1.84. The zero-order valence-corrected chi connectivity index (χ0v) is 24.0. The van der Waals surface area contributed by atoms with Gasteiger partial charge in [-0.25, -0.2) is 8.42 Å². The van der Waals surface area contributed by atoms with Crippen molar-refractivity contribution in [2.24, 2.45) is 0 Å². The number of rotatable bonds is 8. The first-order valence-corrected chi connectivity index (χ1v) is 14.6. The normalized spacial score (nSPS) is 21.6. The average Bonchev–Trinajstić information content (AvgIpc) is 2.77. The van der Waals surface area contributed by atoms with Crippen LogP contribution < -0.4 is 0 Å². The largest absolute Gasteiger partial charge is 0.481 e. The van der Waals surface area contributed by atoms with Crippen molar-refractivity contribution in [2.45, 2.75) is 69.6 Å². The molecule has 0 aromatic heterocycles. The van der Waals surface area contributed by atoms with Crippen molar-refractivity contribution in [3.05, 3.63) is 68.7 Å². The van der Waals surface area contributed by atoms with Crippen LogP contribution in [0.2, 0.25) is 15.1 Å². The Morgan fingerprint density at radius 2 is 1.59 bits per heavy atom. The van der Waals surface area contributed by atoms with Gasteiger partial charge in [0.25, 0.3) is 5.91 Å². The Morgan fingerprint density at radius 1 is 1.03 bits per heavy atom. The maximum absolute atomic E-state index is 13.8. The minimum absolute atomic E-state index is 0.300. The summed E-state index contributed by atoms with van der Waals surface area (Å²) in [5, 5.41) is 10.7. The number of carboxylic acid groups (broad SMARTS) is 1. The summed E-state index contributed by atoms with van der Waals surface area (Å²) in [5.74, 6) is -2.12. The molecule has 37 heavy (non-hydrogen) atoms. The predicted molar refractivity (Wildman–Crippen MR) is 145 cm³/mol. The number of nitrogens with zero attached hydrogens (tertiary/aromatic N) is 1. The zero-order chi connectivity index (χ0) is 27.7. The highest BCUT2D eigenvalue weighted by molar-refractivity contribution is 7.92. The molecule has 1 aliphatic rings. The molecule has 1 fully saturated rings. The fourth-order valence-electron chi connectivity index (χ4n) is 4.35. The number of morpholine rings is 1. The molecule has 1 amide bonds. The van der Waals surface area contributed by atoms with E-state index >= 15 is 0 Å². The molecular formula is C26H30Cl3NO6S. The molecule has 2 aromatic carbocycles. The standard InChI is InChI=1S/C26H30Cl3NO6S/c1-5-20(14-37(34,35)26(2,3)4)30-23(15-6-8-17(27)9-7-15)24(16-10-18(28)12-19(29)11-16)36-21(25(30)33)13-22(31)32/h6-12,20-21,23-24H,5,13-14H2,1-4H3,(H,31,32)/t20?,21-,23-,24-/m1/s1. The number of amides is 1. The number of carboxylic acids is 1. The number of benzene rings is 2. The monoisotopic (exact) mass is 589 g/mol. The van der Waals surface area contributed by atoms with Gasteiger partial charge in [0, 0.05) is 21.1 Å². The molecule has 3 rings (SSSR count). The minimum atomic E-state index is -3.64. The summed E-state index contributed by atoms with van der Waals surface area (Å²) < 4.78 is 31.6. The van der Waals surface area contributed by atoms with Crippen LogP contribution in [0.15, 0.2) is 42.5 Å². The fourth-order valence-corrected chi connectivity index (χ4v) is 6.43. The summed E-state index contributed by atoms with van der Waals surface area (Å²) in [5.41, 5.74) is 1.16. The molecule has 11 heteroatoms. The van der Waals surface area contributed by atoms with Crippen molar-refractivity contribution in [1.82, 2.24) is 4.90 Å². The molecule has 0 aliphatic carbocycles. The van der Waals surface area contributed by atoms with E-state index in [4.69, 9.17) is 39.5 Å². The second-order valence-corrected chi connectivity index (χ2v) is 14.1. The van der Waals surface area contributed by atoms with Crippen molar-refractivity contribution >= 4 is 56.5 Å². The minimum Gasteiger partial charge on any atom is -0.481 e. The molecule has 0 bridgehead atoms. The van der Waals surface area contributed by atoms with Crippen LogP contribution in [0, 0.1) is 0 Å². The molecule has 1 heterocycles. The van der Waals surface area contributed by atoms with Gasteiger partial charge in [0.15, 0.2) is 9.84 Å². The van der Waals surface area contributed by atoms with Gasteiger partial charge in [0.05, 0.1) is 23.0 Å². The highest BCUT2D eigenvalue weighted by atomic mass is 35.5. The highest BCUT2D eigenvalue weighted by Crippen LogP contribution is 2.45. The molecule has 4 atom stereocenters. The topological polar surface area (TPSA) is 101 Å². The molecule has 1 N–H and O–H groups in total. The maximum atomic E-state index is 13.8. The maximum Gasteiger partial charge on any atom is 0.306 e. The van der Waals surface area contributed by atoms with Gasteiger partial charge in [-0.05, 0) is 68.7 Å². The average molecular weight is 591 g/mol. The molecule has 1 aliphatic heterocycles. The number of carbonyl (C=O) groups excluding carboxylic acids is 1. The fraction of sp³-hybridized carbons (Fsp3) is 0.462. The van der Waals surface area contributed by atoms with Crippen molar-refractivity contribution in [3.63, 3.8) is 0 Å². The van der Waals surface area contributed by atoms with E-state index in [-0.39, 0.29) is 5.75 Å². The van der Waals surface area contributed by atoms with Gasteiger partial charge in [-0.15, -0.1) is 0 Å². The Kier molecular flexibility index (Phi) is 9.23. The van der Waals surface area contributed by atoms with Gasteiger partial charge in [0.1, 0.15) is 12.2 Å². The molecule has 202 valence electrons. The van der Waals surface area contributed by atoms with E-state index in [0.717, 1.165) is 0 Å². The van der Waals surface area contributed by atoms with Crippen LogP contribution in [0.5, 0.6) is 0 Å². The Bertz CT molecular complexity index is 1240. The number of carbonyl (C=O) groups is 2. The van der Waals surface area contributed by atoms with Crippen LogP contribution in [0.3, 0.4) is 0 Å². The van der Waals surface area contributed by atoms with E-state index in [1.54, 1.807) is 70.2 Å². The first-order chi connectivity index (χ1) is 17.1. The van der Waals surface area contributed by atoms with Gasteiger partial charge in [-0.2, -0.15) is 0 Å². The third-order valence-electron chi connectivity index (χ3n) is 6.42. The number of hydrogen-bond donors (Lipinski definition) is 1. The molecule has 7 nitrogen and oxygen atoms in total. The molecule has 1 unspecified atom stereocenters. The van der Waals surface area contributed by atoms with Gasteiger partial charge in [-0.3, -0.25) is 9.59 Å². The van der Waals surface area contributed by atoms with Crippen LogP contribution in [-0.4, -0.2) is 52.9 Å². The molecule has 0 radical (unpaired) electrons. The Morgan fingerprint density at radius 3 is 2.08 bits per heavy atom. The van der Waals surface area contributed by atoms with Crippen molar-refractivity contribution in [3.8, 4) is 0 Å². The van der Waals surface area contributed by atoms with E-state index in [2.05, 4.69) is 0 Å². The molecular weight excluding hydrogens is 561 g/mol. The van der Waals surface area contributed by atoms with Crippen LogP contribution in [0.25, 0.3) is 0 Å². The summed E-state index contributed by atoms with van der Waals surface area (Å²) in [6.07, 6.45) is -2.50. The third-order valence-corrected chi connectivity index (χ3v) is 9.80. The second kappa shape index (κ2) is 11.5. The first-order valence-electron chi connectivity index (χ1n) is 11.8. The Labute approximate surface area is 232 Å². The van der Waals surface area contributed by atoms with E-state index in [0.29, 0.717) is 32.6 Å². The van der Waals surface area contributed by atoms with Crippen LogP contribution in [-0.2, 0) is 24.2 Å². The van der Waals surface area contributed by atoms with Gasteiger partial charge < -0.3 is 14.7 Å². The SMILES string of the molecule is CCC(CS(=O)(=O)C(C)(C)C)N1C(=O)[C@@H](CC(=O)O)O[C@H](c2cc(Cl)cc(Cl)c2)[C@H]1c1ccc(Cl)cc1. The van der Waals surface area contributed by atoms with Crippen LogP contribution in [0.4, 0.5) is 0 Å². The molecule has 0 spiro atoms. The lowest BCUT2D eigenvalue weighted by Gasteiger charge is -2.48. The van der Waals surface area contributed by atoms with E-state index in [1.807, 2.05) is 0 Å². The lowest BCUT2D eigenvalue weighted by Crippen LogP contribution is -2.57. The van der Waals surface area contributed by atoms with Crippen molar-refractivity contribution in [1.29, 1.82) is 0 Å². The number of halogens is 3. The summed E-state index contributed by atoms with van der Waals surface area (Å²) >= 11 is 18.7. The van der Waals surface area contributed by atoms with Crippen molar-refractivity contribution < 1.29 is 27.9 Å². The smallest absolute Gasteiger partial charge is 0.306 e. The number of ether oxygens (including phenoxy) is 1. The zero-order valence-electron chi connectivity index (χ0n) is 20.9. The lowest BCUT2D eigenvalue weighted by atomic mass is 9.89. The number of sulfone groups is 1. The third kappa shape index (κ3) is 6.79. The summed E-state index contributed by atoms with van der Waals surface area (Å²) in [4.78, 5) is 27.0. The van der Waals surface area contributed by atoms with Crippen LogP contribution in [0.1, 0.15) is 63.8 Å². The molecule has 0 saturated carbocycles. The van der Waals surface area contributed by atoms with E-state index < -0.39 is 57.2 Å². The second-order valence-electron chi connectivity index (χ2n) is 10.0. The predicted octanol–water partition coefficient (Wildman–Crippen LogP) is 6.12. The van der Waals surface area contributed by atoms with Crippen LogP contribution >= 0.6 is 34.8 Å².